The highest BCUT2D eigenvalue weighted by atomic mass is 35.5. The quantitative estimate of drug-likeness (QED) is 0.553. The van der Waals surface area contributed by atoms with Gasteiger partial charge in [-0.1, -0.05) is 23.7 Å². The van der Waals surface area contributed by atoms with Gasteiger partial charge in [-0.2, -0.15) is 0 Å². The van der Waals surface area contributed by atoms with Crippen molar-refractivity contribution < 1.29 is 0 Å². The first-order valence-electron chi connectivity index (χ1n) is 2.42. The molecule has 0 saturated heterocycles. The highest BCUT2D eigenvalue weighted by molar-refractivity contribution is 6.32. The summed E-state index contributed by atoms with van der Waals surface area (Å²) >= 11 is 5.53. The van der Waals surface area contributed by atoms with Crippen molar-refractivity contribution in [2.75, 3.05) is 0 Å². The normalized spacial score (nSPS) is 9.00. The Hall–Kier alpha value is -0.890. The smallest absolute Gasteiger partial charge is 0.126 e. The molecule has 0 aromatic heterocycles. The zero-order chi connectivity index (χ0) is 6.69. The molecule has 0 aliphatic carbocycles. The fraction of sp³-hybridized carbons (Fsp3) is 0. The van der Waals surface area contributed by atoms with Gasteiger partial charge in [0.15, 0.2) is 0 Å². The summed E-state index contributed by atoms with van der Waals surface area (Å²) in [6.07, 6.45) is 0. The fourth-order valence-electron chi connectivity index (χ4n) is 0.526. The second kappa shape index (κ2) is 2.60. The zero-order valence-electron chi connectivity index (χ0n) is 4.54. The van der Waals surface area contributed by atoms with E-state index in [-0.39, 0.29) is 0 Å². The van der Waals surface area contributed by atoms with Crippen molar-refractivity contribution in [1.29, 1.82) is 0 Å². The molecule has 0 amide bonds. The SMILES string of the molecule is O=Nc1ccccc1Cl. The van der Waals surface area contributed by atoms with Gasteiger partial charge in [-0.3, -0.25) is 0 Å². The van der Waals surface area contributed by atoms with Crippen LogP contribution in [0.25, 0.3) is 0 Å². The molecule has 1 aromatic rings. The molecule has 0 aliphatic heterocycles. The maximum absolute atomic E-state index is 9.89. The lowest BCUT2D eigenvalue weighted by Crippen LogP contribution is -1.62. The fourth-order valence-corrected chi connectivity index (χ4v) is 0.696. The number of nitrogens with zero attached hydrogens (tertiary/aromatic N) is 1. The third kappa shape index (κ3) is 1.27. The Morgan fingerprint density at radius 3 is 2.44 bits per heavy atom. The molecule has 2 nitrogen and oxygen atoms in total. The zero-order valence-corrected chi connectivity index (χ0v) is 5.30. The number of halogens is 1. The van der Waals surface area contributed by atoms with E-state index in [1.54, 1.807) is 24.3 Å². The molecule has 9 heavy (non-hydrogen) atoms. The van der Waals surface area contributed by atoms with Gasteiger partial charge in [0.1, 0.15) is 5.69 Å². The topological polar surface area (TPSA) is 29.4 Å². The summed E-state index contributed by atoms with van der Waals surface area (Å²) in [7, 11) is 0. The molecular formula is C6H4ClNO. The Kier molecular flexibility index (Phi) is 1.80. The highest BCUT2D eigenvalue weighted by Gasteiger charge is 1.94. The largest absolute Gasteiger partial charge is 0.145 e. The van der Waals surface area contributed by atoms with Crippen molar-refractivity contribution in [2.45, 2.75) is 0 Å². The van der Waals surface area contributed by atoms with Gasteiger partial charge in [-0.15, -0.1) is 4.91 Å². The summed E-state index contributed by atoms with van der Waals surface area (Å²) in [6.45, 7) is 0. The average Bonchev–Trinajstić information content (AvgIpc) is 1.89. The van der Waals surface area contributed by atoms with Crippen molar-refractivity contribution in [3.05, 3.63) is 34.2 Å². The molecule has 0 spiro atoms. The van der Waals surface area contributed by atoms with Gasteiger partial charge in [0.05, 0.1) is 5.02 Å². The van der Waals surface area contributed by atoms with E-state index in [9.17, 15) is 4.91 Å². The van der Waals surface area contributed by atoms with E-state index in [0.717, 1.165) is 0 Å². The van der Waals surface area contributed by atoms with Crippen molar-refractivity contribution in [3.8, 4) is 0 Å². The van der Waals surface area contributed by atoms with Crippen molar-refractivity contribution in [2.24, 2.45) is 5.18 Å². The van der Waals surface area contributed by atoms with Crippen LogP contribution in [0.1, 0.15) is 0 Å². The average molecular weight is 142 g/mol. The number of rotatable bonds is 1. The maximum atomic E-state index is 9.89. The molecule has 46 valence electrons. The van der Waals surface area contributed by atoms with Crippen LogP contribution in [0.3, 0.4) is 0 Å². The van der Waals surface area contributed by atoms with Crippen LogP contribution >= 0.6 is 11.6 Å². The molecule has 0 heterocycles. The Bertz CT molecular complexity index is 224. The van der Waals surface area contributed by atoms with E-state index < -0.39 is 0 Å². The van der Waals surface area contributed by atoms with E-state index in [0.29, 0.717) is 10.7 Å². The first-order valence-corrected chi connectivity index (χ1v) is 2.80. The van der Waals surface area contributed by atoms with E-state index >= 15 is 0 Å². The number of benzene rings is 1. The predicted octanol–water partition coefficient (Wildman–Crippen LogP) is 2.74. The summed E-state index contributed by atoms with van der Waals surface area (Å²) in [6, 6.07) is 6.65. The summed E-state index contributed by atoms with van der Waals surface area (Å²) in [5.74, 6) is 0. The number of hydrogen-bond acceptors (Lipinski definition) is 2. The van der Waals surface area contributed by atoms with Gasteiger partial charge in [0, 0.05) is 0 Å². The molecule has 3 heteroatoms. The van der Waals surface area contributed by atoms with E-state index in [1.807, 2.05) is 0 Å². The molecule has 0 bridgehead atoms. The molecule has 0 fully saturated rings. The molecule has 0 atom stereocenters. The highest BCUT2D eigenvalue weighted by Crippen LogP contribution is 2.22. The number of hydrogen-bond donors (Lipinski definition) is 0. The first-order chi connectivity index (χ1) is 4.34. The van der Waals surface area contributed by atoms with Gasteiger partial charge in [0.2, 0.25) is 0 Å². The lowest BCUT2D eigenvalue weighted by molar-refractivity contribution is 1.50. The van der Waals surface area contributed by atoms with Gasteiger partial charge >= 0.3 is 0 Å². The third-order valence-electron chi connectivity index (χ3n) is 0.951. The van der Waals surface area contributed by atoms with Crippen LogP contribution in [0.5, 0.6) is 0 Å². The monoisotopic (exact) mass is 141 g/mol. The Balaban J connectivity index is 3.15. The van der Waals surface area contributed by atoms with Crippen LogP contribution in [0.15, 0.2) is 29.4 Å². The Labute approximate surface area is 57.4 Å². The molecule has 0 N–H and O–H groups in total. The first kappa shape index (κ1) is 6.23. The van der Waals surface area contributed by atoms with Gasteiger partial charge in [0.25, 0.3) is 0 Å². The van der Waals surface area contributed by atoms with E-state index in [4.69, 9.17) is 11.6 Å². The van der Waals surface area contributed by atoms with Gasteiger partial charge < -0.3 is 0 Å². The van der Waals surface area contributed by atoms with Crippen molar-refractivity contribution >= 4 is 17.3 Å². The molecule has 0 aliphatic rings. The van der Waals surface area contributed by atoms with Crippen LogP contribution in [0.4, 0.5) is 5.69 Å². The Morgan fingerprint density at radius 1 is 1.33 bits per heavy atom. The second-order valence-corrected chi connectivity index (χ2v) is 1.95. The van der Waals surface area contributed by atoms with Crippen molar-refractivity contribution in [1.82, 2.24) is 0 Å². The summed E-state index contributed by atoms with van der Waals surface area (Å²) in [5.41, 5.74) is 0.291. The van der Waals surface area contributed by atoms with Crippen LogP contribution in [-0.4, -0.2) is 0 Å². The Morgan fingerprint density at radius 2 is 2.00 bits per heavy atom. The minimum absolute atomic E-state index is 0.291. The summed E-state index contributed by atoms with van der Waals surface area (Å²) in [5, 5.41) is 3.08. The van der Waals surface area contributed by atoms with Gasteiger partial charge in [-0.05, 0) is 17.3 Å². The molecule has 1 rings (SSSR count). The second-order valence-electron chi connectivity index (χ2n) is 1.54. The van der Waals surface area contributed by atoms with Crippen molar-refractivity contribution in [3.63, 3.8) is 0 Å². The standard InChI is InChI=1S/C6H4ClNO/c7-5-3-1-2-4-6(5)8-9/h1-4H. The lowest BCUT2D eigenvalue weighted by atomic mass is 10.3. The number of nitroso groups, excluding NO2 is 1. The molecule has 0 unspecified atom stereocenters. The predicted molar refractivity (Wildman–Crippen MR) is 36.9 cm³/mol. The molecular weight excluding hydrogens is 138 g/mol. The van der Waals surface area contributed by atoms with E-state index in [1.165, 1.54) is 0 Å². The lowest BCUT2D eigenvalue weighted by Gasteiger charge is -1.88. The van der Waals surface area contributed by atoms with Gasteiger partial charge in [-0.25, -0.2) is 0 Å². The minimum Gasteiger partial charge on any atom is -0.145 e. The summed E-state index contributed by atoms with van der Waals surface area (Å²) in [4.78, 5) is 9.89. The van der Waals surface area contributed by atoms with Crippen LogP contribution in [0, 0.1) is 4.91 Å². The minimum atomic E-state index is 0.291. The third-order valence-corrected chi connectivity index (χ3v) is 1.27. The van der Waals surface area contributed by atoms with Crippen LogP contribution < -0.4 is 0 Å². The molecule has 0 radical (unpaired) electrons. The molecule has 1 aromatic carbocycles. The van der Waals surface area contributed by atoms with Crippen LogP contribution in [0.2, 0.25) is 5.02 Å². The maximum Gasteiger partial charge on any atom is 0.126 e. The van der Waals surface area contributed by atoms with Crippen LogP contribution in [-0.2, 0) is 0 Å². The molecule has 0 saturated carbocycles. The summed E-state index contributed by atoms with van der Waals surface area (Å²) < 4.78 is 0. The van der Waals surface area contributed by atoms with E-state index in [2.05, 4.69) is 5.18 Å².